The third kappa shape index (κ3) is 5.33. The minimum atomic E-state index is 0.0489. The zero-order chi connectivity index (χ0) is 13.0. The van der Waals surface area contributed by atoms with Crippen LogP contribution in [0.4, 0.5) is 0 Å². The molecule has 0 saturated heterocycles. The summed E-state index contributed by atoms with van der Waals surface area (Å²) in [5.74, 6) is 0.0978. The molecule has 1 aliphatic rings. The Morgan fingerprint density at radius 3 is 1.53 bits per heavy atom. The number of nitrogens with one attached hydrogen (secondary N) is 2. The molecule has 94 valence electrons. The van der Waals surface area contributed by atoms with Gasteiger partial charge in [0.1, 0.15) is 0 Å². The fourth-order valence-corrected chi connectivity index (χ4v) is 1.79. The number of ketones is 2. The monoisotopic (exact) mass is 236 g/mol. The second-order valence-electron chi connectivity index (χ2n) is 4.61. The Kier molecular flexibility index (Phi) is 4.49. The Hall–Kier alpha value is -1.58. The Labute approximate surface area is 102 Å². The van der Waals surface area contributed by atoms with Crippen molar-refractivity contribution < 1.29 is 9.59 Å². The van der Waals surface area contributed by atoms with E-state index >= 15 is 0 Å². The van der Waals surface area contributed by atoms with Crippen LogP contribution in [-0.2, 0) is 9.59 Å². The van der Waals surface area contributed by atoms with Gasteiger partial charge in [0, 0.05) is 23.5 Å². The molecule has 0 amide bonds. The van der Waals surface area contributed by atoms with Crippen LogP contribution in [0.15, 0.2) is 23.5 Å². The second kappa shape index (κ2) is 5.66. The summed E-state index contributed by atoms with van der Waals surface area (Å²) in [7, 11) is 0. The van der Waals surface area contributed by atoms with Crippen LogP contribution in [0.2, 0.25) is 0 Å². The van der Waals surface area contributed by atoms with Crippen molar-refractivity contribution in [2.75, 3.05) is 0 Å². The predicted molar refractivity (Wildman–Crippen MR) is 67.3 cm³/mol. The van der Waals surface area contributed by atoms with Gasteiger partial charge in [0.2, 0.25) is 0 Å². The van der Waals surface area contributed by atoms with Crippen molar-refractivity contribution in [3.8, 4) is 0 Å². The van der Waals surface area contributed by atoms with Crippen LogP contribution in [-0.4, -0.2) is 23.7 Å². The Morgan fingerprint density at radius 1 is 0.882 bits per heavy atom. The van der Waals surface area contributed by atoms with Crippen molar-refractivity contribution >= 4 is 11.6 Å². The quantitative estimate of drug-likeness (QED) is 0.682. The van der Waals surface area contributed by atoms with Crippen LogP contribution in [0.3, 0.4) is 0 Å². The van der Waals surface area contributed by atoms with Crippen molar-refractivity contribution in [1.82, 2.24) is 10.6 Å². The summed E-state index contributed by atoms with van der Waals surface area (Å²) >= 11 is 0. The molecule has 0 aromatic rings. The number of hydrogen-bond donors (Lipinski definition) is 2. The van der Waals surface area contributed by atoms with Gasteiger partial charge in [-0.15, -0.1) is 0 Å². The van der Waals surface area contributed by atoms with E-state index in [1.807, 2.05) is 13.8 Å². The molecule has 0 spiro atoms. The van der Waals surface area contributed by atoms with Gasteiger partial charge < -0.3 is 10.6 Å². The maximum Gasteiger partial charge on any atom is 0.154 e. The maximum atomic E-state index is 10.9. The molecule has 2 atom stereocenters. The number of allylic oxidation sites excluding steroid dienone is 4. The first kappa shape index (κ1) is 13.5. The topological polar surface area (TPSA) is 58.2 Å². The van der Waals surface area contributed by atoms with Crippen molar-refractivity contribution in [3.05, 3.63) is 23.5 Å². The van der Waals surface area contributed by atoms with Gasteiger partial charge in [-0.2, -0.15) is 0 Å². The van der Waals surface area contributed by atoms with Crippen LogP contribution >= 0.6 is 0 Å². The average Bonchev–Trinajstić information content (AvgIpc) is 2.78. The molecular weight excluding hydrogens is 216 g/mol. The molecule has 0 bridgehead atoms. The average molecular weight is 236 g/mol. The minimum Gasteiger partial charge on any atom is -0.384 e. The lowest BCUT2D eigenvalue weighted by molar-refractivity contribution is -0.113. The molecule has 17 heavy (non-hydrogen) atoms. The van der Waals surface area contributed by atoms with Crippen LogP contribution in [0.5, 0.6) is 0 Å². The SMILES string of the molecule is CC(=O)/C=C(\C)N[C@H]1C[C@H]1N/C(C)=C/C(C)=O. The van der Waals surface area contributed by atoms with E-state index < -0.39 is 0 Å². The lowest BCUT2D eigenvalue weighted by Gasteiger charge is -2.08. The van der Waals surface area contributed by atoms with Gasteiger partial charge in [-0.3, -0.25) is 9.59 Å². The first-order valence-electron chi connectivity index (χ1n) is 5.79. The summed E-state index contributed by atoms with van der Waals surface area (Å²) in [5.41, 5.74) is 1.78. The standard InChI is InChI=1S/C13H20N2O2/c1-8(5-10(3)16)14-12-7-13(12)15-9(2)6-11(4)17/h5-6,12-15H,7H2,1-4H3/b8-5+,9-6+/t12-,13+. The summed E-state index contributed by atoms with van der Waals surface area (Å²) in [6.07, 6.45) is 4.19. The molecule has 4 nitrogen and oxygen atoms in total. The van der Waals surface area contributed by atoms with E-state index in [0.29, 0.717) is 12.1 Å². The Bertz CT molecular complexity index is 347. The van der Waals surface area contributed by atoms with Crippen LogP contribution < -0.4 is 10.6 Å². The van der Waals surface area contributed by atoms with Crippen LogP contribution in [0.1, 0.15) is 34.1 Å². The molecule has 1 rings (SSSR count). The normalized spacial score (nSPS) is 24.2. The van der Waals surface area contributed by atoms with Gasteiger partial charge in [-0.1, -0.05) is 0 Å². The van der Waals surface area contributed by atoms with Crippen molar-refractivity contribution in [2.24, 2.45) is 0 Å². The molecule has 0 aromatic carbocycles. The van der Waals surface area contributed by atoms with Gasteiger partial charge in [0.25, 0.3) is 0 Å². The van der Waals surface area contributed by atoms with Crippen molar-refractivity contribution in [3.63, 3.8) is 0 Å². The van der Waals surface area contributed by atoms with Gasteiger partial charge in [0.05, 0.1) is 0 Å². The van der Waals surface area contributed by atoms with E-state index in [9.17, 15) is 9.59 Å². The smallest absolute Gasteiger partial charge is 0.154 e. The molecule has 1 fully saturated rings. The molecule has 4 heteroatoms. The van der Waals surface area contributed by atoms with Gasteiger partial charge in [0.15, 0.2) is 11.6 Å². The highest BCUT2D eigenvalue weighted by Gasteiger charge is 2.36. The Morgan fingerprint density at radius 2 is 1.24 bits per heavy atom. The first-order valence-corrected chi connectivity index (χ1v) is 5.79. The fourth-order valence-electron chi connectivity index (χ4n) is 1.79. The molecule has 2 N–H and O–H groups in total. The molecule has 1 saturated carbocycles. The van der Waals surface area contributed by atoms with Crippen molar-refractivity contribution in [2.45, 2.75) is 46.2 Å². The zero-order valence-corrected chi connectivity index (χ0v) is 10.8. The van der Waals surface area contributed by atoms with Crippen LogP contribution in [0, 0.1) is 0 Å². The molecule has 0 heterocycles. The summed E-state index contributed by atoms with van der Waals surface area (Å²) < 4.78 is 0. The van der Waals surface area contributed by atoms with E-state index in [2.05, 4.69) is 10.6 Å². The number of hydrogen-bond acceptors (Lipinski definition) is 4. The highest BCUT2D eigenvalue weighted by Crippen LogP contribution is 2.23. The highest BCUT2D eigenvalue weighted by molar-refractivity contribution is 5.88. The summed E-state index contributed by atoms with van der Waals surface area (Å²) in [5, 5.41) is 6.52. The van der Waals surface area contributed by atoms with E-state index in [-0.39, 0.29) is 11.6 Å². The van der Waals surface area contributed by atoms with E-state index in [0.717, 1.165) is 17.8 Å². The van der Waals surface area contributed by atoms with Crippen LogP contribution in [0.25, 0.3) is 0 Å². The first-order chi connectivity index (χ1) is 7.88. The van der Waals surface area contributed by atoms with Gasteiger partial charge in [-0.25, -0.2) is 0 Å². The lowest BCUT2D eigenvalue weighted by atomic mass is 10.3. The molecular formula is C13H20N2O2. The van der Waals surface area contributed by atoms with Crippen molar-refractivity contribution in [1.29, 1.82) is 0 Å². The van der Waals surface area contributed by atoms with E-state index in [1.165, 1.54) is 13.8 Å². The maximum absolute atomic E-state index is 10.9. The highest BCUT2D eigenvalue weighted by atomic mass is 16.1. The largest absolute Gasteiger partial charge is 0.384 e. The fraction of sp³-hybridized carbons (Fsp3) is 0.538. The van der Waals surface area contributed by atoms with E-state index in [1.54, 1.807) is 12.2 Å². The molecule has 0 aliphatic heterocycles. The molecule has 0 aromatic heterocycles. The molecule has 0 unspecified atom stereocenters. The summed E-state index contributed by atoms with van der Waals surface area (Å²) in [4.78, 5) is 21.7. The second-order valence-corrected chi connectivity index (χ2v) is 4.61. The van der Waals surface area contributed by atoms with Gasteiger partial charge in [-0.05, 0) is 46.3 Å². The third-order valence-electron chi connectivity index (χ3n) is 2.46. The third-order valence-corrected chi connectivity index (χ3v) is 2.46. The molecule has 1 aliphatic carbocycles. The lowest BCUT2D eigenvalue weighted by Crippen LogP contribution is -2.25. The number of rotatable bonds is 6. The van der Waals surface area contributed by atoms with Gasteiger partial charge >= 0.3 is 0 Å². The number of carbonyl (C=O) groups excluding carboxylic acids is 2. The summed E-state index contributed by atoms with van der Waals surface area (Å²) in [6.45, 7) is 6.84. The zero-order valence-electron chi connectivity index (χ0n) is 10.8. The Balaban J connectivity index is 2.35. The predicted octanol–water partition coefficient (Wildman–Crippen LogP) is 1.29. The number of carbonyl (C=O) groups is 2. The van der Waals surface area contributed by atoms with E-state index in [4.69, 9.17) is 0 Å². The summed E-state index contributed by atoms with van der Waals surface area (Å²) in [6, 6.07) is 0.696. The minimum absolute atomic E-state index is 0.0489. The molecule has 0 radical (unpaired) electrons.